The van der Waals surface area contributed by atoms with Crippen LogP contribution in [0.1, 0.15) is 51.2 Å². The van der Waals surface area contributed by atoms with Gasteiger partial charge in [0.1, 0.15) is 0 Å². The Morgan fingerprint density at radius 2 is 1.96 bits per heavy atom. The molecular formula is C20H33ClN2O. The second kappa shape index (κ2) is 10.0. The van der Waals surface area contributed by atoms with Crippen LogP contribution in [0.2, 0.25) is 0 Å². The van der Waals surface area contributed by atoms with Gasteiger partial charge in [-0.05, 0) is 58.6 Å². The molecule has 136 valence electrons. The molecule has 0 spiro atoms. The van der Waals surface area contributed by atoms with E-state index in [2.05, 4.69) is 62.2 Å². The molecule has 0 aromatic heterocycles. The third kappa shape index (κ3) is 5.49. The predicted molar refractivity (Wildman–Crippen MR) is 104 cm³/mol. The first-order chi connectivity index (χ1) is 11.0. The van der Waals surface area contributed by atoms with E-state index in [1.54, 1.807) is 0 Å². The van der Waals surface area contributed by atoms with Gasteiger partial charge in [0, 0.05) is 24.5 Å². The Balaban J connectivity index is 0.00000288. The summed E-state index contributed by atoms with van der Waals surface area (Å²) in [5.74, 6) is 0.554. The fraction of sp³-hybridized carbons (Fsp3) is 0.650. The molecule has 1 N–H and O–H groups in total. The predicted octanol–water partition coefficient (Wildman–Crippen LogP) is 3.97. The van der Waals surface area contributed by atoms with Crippen molar-refractivity contribution in [2.75, 3.05) is 13.1 Å². The fourth-order valence-electron chi connectivity index (χ4n) is 3.66. The van der Waals surface area contributed by atoms with Crippen LogP contribution in [0, 0.1) is 12.8 Å². The van der Waals surface area contributed by atoms with Crippen LogP contribution in [0.15, 0.2) is 24.3 Å². The van der Waals surface area contributed by atoms with Gasteiger partial charge < -0.3 is 10.2 Å². The summed E-state index contributed by atoms with van der Waals surface area (Å²) in [6.07, 6.45) is 3.90. The van der Waals surface area contributed by atoms with Crippen LogP contribution in [0.25, 0.3) is 0 Å². The van der Waals surface area contributed by atoms with E-state index in [0.717, 1.165) is 38.8 Å². The van der Waals surface area contributed by atoms with Gasteiger partial charge >= 0.3 is 0 Å². The van der Waals surface area contributed by atoms with Crippen molar-refractivity contribution in [3.8, 4) is 0 Å². The van der Waals surface area contributed by atoms with Crippen LogP contribution in [-0.4, -0.2) is 36.0 Å². The molecule has 1 saturated heterocycles. The van der Waals surface area contributed by atoms with E-state index in [1.165, 1.54) is 11.1 Å². The van der Waals surface area contributed by atoms with Crippen LogP contribution in [0.4, 0.5) is 0 Å². The van der Waals surface area contributed by atoms with Crippen molar-refractivity contribution >= 4 is 18.3 Å². The summed E-state index contributed by atoms with van der Waals surface area (Å²) in [6, 6.07) is 9.48. The molecule has 1 amide bonds. The molecule has 3 nitrogen and oxygen atoms in total. The van der Waals surface area contributed by atoms with Gasteiger partial charge in [0.25, 0.3) is 0 Å². The summed E-state index contributed by atoms with van der Waals surface area (Å²) in [7, 11) is 0. The van der Waals surface area contributed by atoms with Crippen molar-refractivity contribution in [1.29, 1.82) is 0 Å². The quantitative estimate of drug-likeness (QED) is 0.840. The van der Waals surface area contributed by atoms with Gasteiger partial charge in [-0.15, -0.1) is 12.4 Å². The van der Waals surface area contributed by atoms with Crippen LogP contribution in [0.5, 0.6) is 0 Å². The van der Waals surface area contributed by atoms with Gasteiger partial charge in [0.15, 0.2) is 0 Å². The topological polar surface area (TPSA) is 32.3 Å². The third-order valence-corrected chi connectivity index (χ3v) is 5.10. The minimum Gasteiger partial charge on any atom is -0.339 e. The molecule has 1 aliphatic heterocycles. The first kappa shape index (κ1) is 21.0. The number of hydrogen-bond donors (Lipinski definition) is 1. The lowest BCUT2D eigenvalue weighted by molar-refractivity contribution is -0.139. The lowest BCUT2D eigenvalue weighted by Gasteiger charge is -2.36. The SMILES string of the molecule is CCC(Cc1ccc(C)cc1)N(CC)C(=O)[C@H]1CCN[C@@H](C)C1.Cl. The maximum atomic E-state index is 13.0. The summed E-state index contributed by atoms with van der Waals surface area (Å²) in [4.78, 5) is 15.1. The maximum absolute atomic E-state index is 13.0. The molecule has 0 radical (unpaired) electrons. The summed E-state index contributed by atoms with van der Waals surface area (Å²) >= 11 is 0. The number of nitrogens with one attached hydrogen (secondary N) is 1. The van der Waals surface area contributed by atoms with E-state index in [0.29, 0.717) is 18.0 Å². The van der Waals surface area contributed by atoms with Crippen molar-refractivity contribution in [3.63, 3.8) is 0 Å². The zero-order chi connectivity index (χ0) is 16.8. The first-order valence-corrected chi connectivity index (χ1v) is 9.14. The summed E-state index contributed by atoms with van der Waals surface area (Å²) in [6.45, 7) is 10.4. The van der Waals surface area contributed by atoms with Crippen LogP contribution < -0.4 is 5.32 Å². The number of piperidine rings is 1. The lowest BCUT2D eigenvalue weighted by Crippen LogP contribution is -2.48. The van der Waals surface area contributed by atoms with Crippen molar-refractivity contribution in [2.45, 2.75) is 65.5 Å². The molecule has 1 unspecified atom stereocenters. The zero-order valence-electron chi connectivity index (χ0n) is 15.5. The van der Waals surface area contributed by atoms with E-state index >= 15 is 0 Å². The molecule has 1 aromatic carbocycles. The average Bonchev–Trinajstić information content (AvgIpc) is 2.56. The monoisotopic (exact) mass is 352 g/mol. The van der Waals surface area contributed by atoms with E-state index in [9.17, 15) is 4.79 Å². The van der Waals surface area contributed by atoms with Crippen molar-refractivity contribution in [1.82, 2.24) is 10.2 Å². The molecule has 3 atom stereocenters. The second-order valence-corrected chi connectivity index (χ2v) is 6.95. The third-order valence-electron chi connectivity index (χ3n) is 5.10. The van der Waals surface area contributed by atoms with E-state index in [4.69, 9.17) is 0 Å². The maximum Gasteiger partial charge on any atom is 0.226 e. The zero-order valence-corrected chi connectivity index (χ0v) is 16.4. The minimum atomic E-state index is 0. The highest BCUT2D eigenvalue weighted by atomic mass is 35.5. The highest BCUT2D eigenvalue weighted by Gasteiger charge is 2.30. The number of amides is 1. The number of likely N-dealkylation sites (N-methyl/N-ethyl adjacent to an activating group) is 1. The van der Waals surface area contributed by atoms with Crippen molar-refractivity contribution in [3.05, 3.63) is 35.4 Å². The Kier molecular flexibility index (Phi) is 8.79. The molecule has 4 heteroatoms. The minimum absolute atomic E-state index is 0. The molecule has 1 aromatic rings. The van der Waals surface area contributed by atoms with Crippen molar-refractivity contribution in [2.24, 2.45) is 5.92 Å². The van der Waals surface area contributed by atoms with E-state index in [1.807, 2.05) is 0 Å². The Morgan fingerprint density at radius 1 is 1.29 bits per heavy atom. The lowest BCUT2D eigenvalue weighted by atomic mass is 9.90. The van der Waals surface area contributed by atoms with E-state index < -0.39 is 0 Å². The Labute approximate surface area is 153 Å². The van der Waals surface area contributed by atoms with Crippen LogP contribution >= 0.6 is 12.4 Å². The fourth-order valence-corrected chi connectivity index (χ4v) is 3.66. The summed E-state index contributed by atoms with van der Waals surface area (Å²) in [5, 5.41) is 3.44. The highest BCUT2D eigenvalue weighted by Crippen LogP contribution is 2.22. The molecule has 0 saturated carbocycles. The number of carbonyl (C=O) groups excluding carboxylic acids is 1. The molecule has 1 fully saturated rings. The number of carbonyl (C=O) groups is 1. The smallest absolute Gasteiger partial charge is 0.226 e. The number of aryl methyl sites for hydroxylation is 1. The number of hydrogen-bond acceptors (Lipinski definition) is 2. The molecule has 24 heavy (non-hydrogen) atoms. The summed E-state index contributed by atoms with van der Waals surface area (Å²) < 4.78 is 0. The molecule has 0 aliphatic carbocycles. The van der Waals surface area contributed by atoms with Gasteiger partial charge in [0.05, 0.1) is 0 Å². The molecule has 1 heterocycles. The van der Waals surface area contributed by atoms with Crippen LogP contribution in [-0.2, 0) is 11.2 Å². The second-order valence-electron chi connectivity index (χ2n) is 6.95. The Hall–Kier alpha value is -1.06. The number of benzene rings is 1. The average molecular weight is 353 g/mol. The Bertz CT molecular complexity index is 503. The van der Waals surface area contributed by atoms with Crippen molar-refractivity contribution < 1.29 is 4.79 Å². The van der Waals surface area contributed by atoms with Crippen LogP contribution in [0.3, 0.4) is 0 Å². The normalized spacial score (nSPS) is 21.7. The number of nitrogens with zero attached hydrogens (tertiary/aromatic N) is 1. The standard InChI is InChI=1S/C20H32N2O.ClH/c1-5-19(14-17-9-7-15(3)8-10-17)22(6-2)20(23)18-11-12-21-16(4)13-18;/h7-10,16,18-19,21H,5-6,11-14H2,1-4H3;1H/t16-,18-,19?;/m0./s1. The van der Waals surface area contributed by atoms with Gasteiger partial charge in [0.2, 0.25) is 5.91 Å². The highest BCUT2D eigenvalue weighted by molar-refractivity contribution is 5.85. The van der Waals surface area contributed by atoms with Gasteiger partial charge in [-0.1, -0.05) is 36.8 Å². The van der Waals surface area contributed by atoms with Gasteiger partial charge in [-0.2, -0.15) is 0 Å². The molecule has 2 rings (SSSR count). The van der Waals surface area contributed by atoms with E-state index in [-0.39, 0.29) is 18.3 Å². The molecule has 1 aliphatic rings. The largest absolute Gasteiger partial charge is 0.339 e. The number of halogens is 1. The molecule has 0 bridgehead atoms. The van der Waals surface area contributed by atoms with Gasteiger partial charge in [-0.25, -0.2) is 0 Å². The first-order valence-electron chi connectivity index (χ1n) is 9.14. The number of rotatable bonds is 6. The Morgan fingerprint density at radius 3 is 2.50 bits per heavy atom. The molecular weight excluding hydrogens is 320 g/mol. The summed E-state index contributed by atoms with van der Waals surface area (Å²) in [5.41, 5.74) is 2.61. The van der Waals surface area contributed by atoms with Gasteiger partial charge in [-0.3, -0.25) is 4.79 Å².